The van der Waals surface area contributed by atoms with E-state index in [4.69, 9.17) is 10.2 Å². The Morgan fingerprint density at radius 2 is 1.11 bits per heavy atom. The second-order valence-electron chi connectivity index (χ2n) is 5.55. The zero-order chi connectivity index (χ0) is 13.6. The van der Waals surface area contributed by atoms with Crippen LogP contribution in [-0.2, 0) is 0 Å². The van der Waals surface area contributed by atoms with E-state index in [0.29, 0.717) is 0 Å². The van der Waals surface area contributed by atoms with Crippen LogP contribution in [0.1, 0.15) is 90.9 Å². The maximum Gasteiger partial charge on any atom is 0.154 e. The molecule has 0 saturated heterocycles. The summed E-state index contributed by atoms with van der Waals surface area (Å²) in [6.45, 7) is 4.29. The predicted molar refractivity (Wildman–Crippen MR) is 78.5 cm³/mol. The molecule has 0 aliphatic carbocycles. The fourth-order valence-corrected chi connectivity index (χ4v) is 2.46. The molecule has 110 valence electrons. The van der Waals surface area contributed by atoms with Crippen molar-refractivity contribution in [2.75, 3.05) is 0 Å². The van der Waals surface area contributed by atoms with E-state index in [1.54, 1.807) is 0 Å². The van der Waals surface area contributed by atoms with Gasteiger partial charge < -0.3 is 10.2 Å². The summed E-state index contributed by atoms with van der Waals surface area (Å²) in [6.07, 6.45) is 14.1. The minimum absolute atomic E-state index is 0.0824. The van der Waals surface area contributed by atoms with Gasteiger partial charge in [-0.3, -0.25) is 0 Å². The van der Waals surface area contributed by atoms with Gasteiger partial charge in [-0.15, -0.1) is 0 Å². The minimum Gasteiger partial charge on any atom is -0.368 e. The predicted octanol–water partition coefficient (Wildman–Crippen LogP) is 4.63. The van der Waals surface area contributed by atoms with Crippen molar-refractivity contribution >= 4 is 0 Å². The first kappa shape index (κ1) is 17.9. The summed E-state index contributed by atoms with van der Waals surface area (Å²) in [5.41, 5.74) is 0. The van der Waals surface area contributed by atoms with Crippen molar-refractivity contribution in [2.24, 2.45) is 5.92 Å². The van der Waals surface area contributed by atoms with Crippen LogP contribution in [0.15, 0.2) is 0 Å². The van der Waals surface area contributed by atoms with E-state index >= 15 is 0 Å². The van der Waals surface area contributed by atoms with E-state index in [2.05, 4.69) is 6.92 Å². The molecule has 0 aliphatic heterocycles. The summed E-state index contributed by atoms with van der Waals surface area (Å²) < 4.78 is 0. The standard InChI is InChI=1S/C16H34O2/c1-3-5-6-7-8-9-10-11-12-13-14-15(4-2)16(17)18/h15-18H,3-14H2,1-2H3. The van der Waals surface area contributed by atoms with Crippen LogP contribution in [0.2, 0.25) is 0 Å². The molecule has 0 aromatic rings. The molecule has 1 unspecified atom stereocenters. The van der Waals surface area contributed by atoms with Gasteiger partial charge >= 0.3 is 0 Å². The summed E-state index contributed by atoms with van der Waals surface area (Å²) in [5.74, 6) is 0.0824. The highest BCUT2D eigenvalue weighted by atomic mass is 16.5. The quantitative estimate of drug-likeness (QED) is 0.373. The van der Waals surface area contributed by atoms with Gasteiger partial charge in [0.05, 0.1) is 0 Å². The SMILES string of the molecule is CCCCCCCCCCCCC(CC)C(O)O. The van der Waals surface area contributed by atoms with Crippen LogP contribution in [0.25, 0.3) is 0 Å². The Kier molecular flexibility index (Phi) is 13.3. The van der Waals surface area contributed by atoms with Gasteiger partial charge in [-0.1, -0.05) is 78.1 Å². The lowest BCUT2D eigenvalue weighted by molar-refractivity contribution is -0.0871. The monoisotopic (exact) mass is 258 g/mol. The molecule has 0 fully saturated rings. The van der Waals surface area contributed by atoms with Crippen molar-refractivity contribution in [1.82, 2.24) is 0 Å². The van der Waals surface area contributed by atoms with Gasteiger partial charge in [0.25, 0.3) is 0 Å². The number of aliphatic hydroxyl groups excluding tert-OH is 1. The molecule has 0 heterocycles. The van der Waals surface area contributed by atoms with Gasteiger partial charge in [0.2, 0.25) is 0 Å². The molecule has 2 heteroatoms. The molecule has 0 amide bonds. The topological polar surface area (TPSA) is 40.5 Å². The molecule has 18 heavy (non-hydrogen) atoms. The van der Waals surface area contributed by atoms with E-state index < -0.39 is 6.29 Å². The van der Waals surface area contributed by atoms with Crippen molar-refractivity contribution in [2.45, 2.75) is 97.2 Å². The molecular weight excluding hydrogens is 224 g/mol. The molecule has 0 aliphatic rings. The molecule has 2 nitrogen and oxygen atoms in total. The van der Waals surface area contributed by atoms with Crippen LogP contribution in [-0.4, -0.2) is 16.5 Å². The van der Waals surface area contributed by atoms with E-state index in [1.165, 1.54) is 57.8 Å². The van der Waals surface area contributed by atoms with Gasteiger partial charge in [0, 0.05) is 5.92 Å². The number of aliphatic hydroxyl groups is 2. The van der Waals surface area contributed by atoms with E-state index in [-0.39, 0.29) is 5.92 Å². The Morgan fingerprint density at radius 3 is 1.50 bits per heavy atom. The highest BCUT2D eigenvalue weighted by Gasteiger charge is 2.13. The van der Waals surface area contributed by atoms with E-state index in [9.17, 15) is 0 Å². The van der Waals surface area contributed by atoms with Crippen molar-refractivity contribution in [3.05, 3.63) is 0 Å². The third-order valence-corrected chi connectivity index (χ3v) is 3.87. The van der Waals surface area contributed by atoms with Crippen molar-refractivity contribution < 1.29 is 10.2 Å². The lowest BCUT2D eigenvalue weighted by atomic mass is 9.97. The first-order chi connectivity index (χ1) is 8.72. The summed E-state index contributed by atoms with van der Waals surface area (Å²) in [5, 5.41) is 18.2. The third kappa shape index (κ3) is 11.0. The van der Waals surface area contributed by atoms with Crippen LogP contribution in [0.5, 0.6) is 0 Å². The average molecular weight is 258 g/mol. The van der Waals surface area contributed by atoms with Gasteiger partial charge in [-0.25, -0.2) is 0 Å². The van der Waals surface area contributed by atoms with Crippen LogP contribution in [0, 0.1) is 5.92 Å². The normalized spacial score (nSPS) is 13.2. The molecular formula is C16H34O2. The number of hydrogen-bond acceptors (Lipinski definition) is 2. The Labute approximate surface area is 114 Å². The van der Waals surface area contributed by atoms with Crippen LogP contribution >= 0.6 is 0 Å². The molecule has 0 spiro atoms. The third-order valence-electron chi connectivity index (χ3n) is 3.87. The molecule has 0 rings (SSSR count). The lowest BCUT2D eigenvalue weighted by Gasteiger charge is -2.16. The van der Waals surface area contributed by atoms with E-state index in [0.717, 1.165) is 19.3 Å². The maximum absolute atomic E-state index is 9.11. The van der Waals surface area contributed by atoms with Crippen molar-refractivity contribution in [3.63, 3.8) is 0 Å². The van der Waals surface area contributed by atoms with Crippen molar-refractivity contribution in [1.29, 1.82) is 0 Å². The van der Waals surface area contributed by atoms with Gasteiger partial charge in [0.1, 0.15) is 0 Å². The largest absolute Gasteiger partial charge is 0.368 e. The van der Waals surface area contributed by atoms with Crippen LogP contribution in [0.4, 0.5) is 0 Å². The fraction of sp³-hybridized carbons (Fsp3) is 1.00. The van der Waals surface area contributed by atoms with Crippen LogP contribution < -0.4 is 0 Å². The summed E-state index contributed by atoms with van der Waals surface area (Å²) in [6, 6.07) is 0. The Balaban J connectivity index is 3.15. The van der Waals surface area contributed by atoms with Gasteiger partial charge in [-0.2, -0.15) is 0 Å². The zero-order valence-electron chi connectivity index (χ0n) is 12.5. The second-order valence-corrected chi connectivity index (χ2v) is 5.55. The minimum atomic E-state index is -1.12. The first-order valence-corrected chi connectivity index (χ1v) is 8.08. The molecule has 2 N–H and O–H groups in total. The number of hydrogen-bond donors (Lipinski definition) is 2. The molecule has 1 atom stereocenters. The van der Waals surface area contributed by atoms with E-state index in [1.807, 2.05) is 6.92 Å². The zero-order valence-corrected chi connectivity index (χ0v) is 12.5. The average Bonchev–Trinajstić information content (AvgIpc) is 2.35. The summed E-state index contributed by atoms with van der Waals surface area (Å²) >= 11 is 0. The van der Waals surface area contributed by atoms with Crippen molar-refractivity contribution in [3.8, 4) is 0 Å². The van der Waals surface area contributed by atoms with Crippen LogP contribution in [0.3, 0.4) is 0 Å². The number of rotatable bonds is 13. The van der Waals surface area contributed by atoms with Gasteiger partial charge in [-0.05, 0) is 12.8 Å². The molecule has 0 bridgehead atoms. The molecule has 0 aromatic heterocycles. The highest BCUT2D eigenvalue weighted by molar-refractivity contribution is 4.59. The Hall–Kier alpha value is -0.0800. The highest BCUT2D eigenvalue weighted by Crippen LogP contribution is 2.17. The Bertz CT molecular complexity index is 157. The smallest absolute Gasteiger partial charge is 0.154 e. The lowest BCUT2D eigenvalue weighted by Crippen LogP contribution is -2.18. The Morgan fingerprint density at radius 1 is 0.667 bits per heavy atom. The second kappa shape index (κ2) is 13.4. The molecule has 0 radical (unpaired) electrons. The maximum atomic E-state index is 9.11. The summed E-state index contributed by atoms with van der Waals surface area (Å²) in [4.78, 5) is 0. The van der Waals surface area contributed by atoms with Gasteiger partial charge in [0.15, 0.2) is 6.29 Å². The summed E-state index contributed by atoms with van der Waals surface area (Å²) in [7, 11) is 0. The molecule has 0 saturated carbocycles. The first-order valence-electron chi connectivity index (χ1n) is 8.08. The fourth-order valence-electron chi connectivity index (χ4n) is 2.46. The number of unbranched alkanes of at least 4 members (excludes halogenated alkanes) is 9. The molecule has 0 aromatic carbocycles.